The molecule has 104 valence electrons. The predicted octanol–water partition coefficient (Wildman–Crippen LogP) is 1.03. The number of hydrogen-bond acceptors (Lipinski definition) is 3. The Balaban J connectivity index is 2.42. The molecule has 5 nitrogen and oxygen atoms in total. The van der Waals surface area contributed by atoms with E-state index in [1.54, 1.807) is 6.07 Å². The van der Waals surface area contributed by atoms with Gasteiger partial charge in [0, 0.05) is 5.69 Å². The smallest absolute Gasteiger partial charge is 0.243 e. The lowest BCUT2D eigenvalue weighted by Gasteiger charge is -2.15. The monoisotopic (exact) mass is 263 g/mol. The number of anilines is 1. The van der Waals surface area contributed by atoms with Crippen molar-refractivity contribution in [1.29, 1.82) is 0 Å². The van der Waals surface area contributed by atoms with Crippen molar-refractivity contribution in [2.24, 2.45) is 11.7 Å². The second kappa shape index (κ2) is 6.89. The zero-order chi connectivity index (χ0) is 14.4. The Morgan fingerprint density at radius 3 is 2.58 bits per heavy atom. The molecule has 0 aromatic heterocycles. The van der Waals surface area contributed by atoms with Crippen LogP contribution in [0.4, 0.5) is 5.69 Å². The number of carbonyl (C=O) groups is 2. The third-order valence-corrected chi connectivity index (χ3v) is 2.75. The van der Waals surface area contributed by atoms with Crippen molar-refractivity contribution in [3.63, 3.8) is 0 Å². The highest BCUT2D eigenvalue weighted by molar-refractivity contribution is 5.95. The molecule has 4 N–H and O–H groups in total. The predicted molar refractivity (Wildman–Crippen MR) is 75.6 cm³/mol. The van der Waals surface area contributed by atoms with Crippen molar-refractivity contribution in [3.8, 4) is 0 Å². The Hall–Kier alpha value is -1.88. The van der Waals surface area contributed by atoms with Crippen LogP contribution in [0.3, 0.4) is 0 Å². The molecule has 0 aliphatic carbocycles. The van der Waals surface area contributed by atoms with Crippen LogP contribution in [0.25, 0.3) is 0 Å². The standard InChI is InChI=1S/C14H21N3O2/c1-9(2)13(15)14(19)16-8-12(18)17-11-6-4-5-10(3)7-11/h4-7,9,13H,8,15H2,1-3H3,(H,16,19)(H,17,18)/t13-/m0/s1. The molecule has 5 heteroatoms. The van der Waals surface area contributed by atoms with Gasteiger partial charge in [-0.1, -0.05) is 26.0 Å². The zero-order valence-corrected chi connectivity index (χ0v) is 11.6. The van der Waals surface area contributed by atoms with Gasteiger partial charge in [-0.15, -0.1) is 0 Å². The quantitative estimate of drug-likeness (QED) is 0.742. The van der Waals surface area contributed by atoms with E-state index in [4.69, 9.17) is 5.73 Å². The largest absolute Gasteiger partial charge is 0.346 e. The van der Waals surface area contributed by atoms with Crippen molar-refractivity contribution in [2.75, 3.05) is 11.9 Å². The minimum absolute atomic E-state index is 0.0415. The first kappa shape index (κ1) is 15.2. The van der Waals surface area contributed by atoms with Crippen molar-refractivity contribution >= 4 is 17.5 Å². The molecule has 0 bridgehead atoms. The molecule has 1 rings (SSSR count). The molecule has 1 aromatic rings. The molecule has 0 saturated heterocycles. The van der Waals surface area contributed by atoms with Gasteiger partial charge in [0.2, 0.25) is 11.8 Å². The van der Waals surface area contributed by atoms with Gasteiger partial charge >= 0.3 is 0 Å². The molecule has 1 aromatic carbocycles. The Morgan fingerprint density at radius 1 is 1.32 bits per heavy atom. The molecule has 0 saturated carbocycles. The maximum Gasteiger partial charge on any atom is 0.243 e. The molecule has 0 aliphatic heterocycles. The van der Waals surface area contributed by atoms with Crippen LogP contribution in [0.5, 0.6) is 0 Å². The Kier molecular flexibility index (Phi) is 5.51. The number of nitrogens with two attached hydrogens (primary N) is 1. The van der Waals surface area contributed by atoms with Crippen LogP contribution in [0.1, 0.15) is 19.4 Å². The van der Waals surface area contributed by atoms with Gasteiger partial charge in [0.25, 0.3) is 0 Å². The zero-order valence-electron chi connectivity index (χ0n) is 11.6. The molecule has 0 fully saturated rings. The van der Waals surface area contributed by atoms with Crippen LogP contribution in [0, 0.1) is 12.8 Å². The van der Waals surface area contributed by atoms with Gasteiger partial charge in [0.15, 0.2) is 0 Å². The first-order valence-electron chi connectivity index (χ1n) is 6.30. The van der Waals surface area contributed by atoms with E-state index in [1.165, 1.54) is 0 Å². The normalized spacial score (nSPS) is 12.1. The molecular formula is C14H21N3O2. The van der Waals surface area contributed by atoms with Gasteiger partial charge in [-0.3, -0.25) is 9.59 Å². The van der Waals surface area contributed by atoms with Gasteiger partial charge in [0.05, 0.1) is 12.6 Å². The molecule has 2 amide bonds. The van der Waals surface area contributed by atoms with Crippen molar-refractivity contribution in [2.45, 2.75) is 26.8 Å². The topological polar surface area (TPSA) is 84.2 Å². The van der Waals surface area contributed by atoms with Gasteiger partial charge in [-0.2, -0.15) is 0 Å². The van der Waals surface area contributed by atoms with E-state index < -0.39 is 6.04 Å². The minimum atomic E-state index is -0.591. The van der Waals surface area contributed by atoms with Crippen LogP contribution in [-0.2, 0) is 9.59 Å². The number of carbonyl (C=O) groups excluding carboxylic acids is 2. The summed E-state index contributed by atoms with van der Waals surface area (Å²) in [6.45, 7) is 5.58. The second-order valence-corrected chi connectivity index (χ2v) is 4.91. The summed E-state index contributed by atoms with van der Waals surface area (Å²) in [5, 5.41) is 5.23. The number of hydrogen-bond donors (Lipinski definition) is 3. The highest BCUT2D eigenvalue weighted by Crippen LogP contribution is 2.08. The molecule has 0 spiro atoms. The van der Waals surface area contributed by atoms with Crippen molar-refractivity contribution < 1.29 is 9.59 Å². The molecule has 0 unspecified atom stereocenters. The maximum absolute atomic E-state index is 11.7. The van der Waals surface area contributed by atoms with E-state index in [9.17, 15) is 9.59 Å². The summed E-state index contributed by atoms with van der Waals surface area (Å²) in [5.41, 5.74) is 7.45. The maximum atomic E-state index is 11.7. The van der Waals surface area contributed by atoms with Crippen LogP contribution in [-0.4, -0.2) is 24.4 Å². The summed E-state index contributed by atoms with van der Waals surface area (Å²) in [5.74, 6) is -0.538. The van der Waals surface area contributed by atoms with Crippen molar-refractivity contribution in [3.05, 3.63) is 29.8 Å². The second-order valence-electron chi connectivity index (χ2n) is 4.91. The van der Waals surface area contributed by atoms with Crippen LogP contribution in [0.2, 0.25) is 0 Å². The lowest BCUT2D eigenvalue weighted by molar-refractivity contribution is -0.125. The summed E-state index contributed by atoms with van der Waals surface area (Å²) >= 11 is 0. The summed E-state index contributed by atoms with van der Waals surface area (Å²) < 4.78 is 0. The van der Waals surface area contributed by atoms with Gasteiger partial charge in [-0.05, 0) is 30.5 Å². The molecule has 1 atom stereocenters. The highest BCUT2D eigenvalue weighted by atomic mass is 16.2. The van der Waals surface area contributed by atoms with E-state index in [-0.39, 0.29) is 24.3 Å². The lowest BCUT2D eigenvalue weighted by Crippen LogP contribution is -2.46. The molecule has 0 radical (unpaired) electrons. The van der Waals surface area contributed by atoms with Crippen LogP contribution in [0.15, 0.2) is 24.3 Å². The third kappa shape index (κ3) is 5.09. The van der Waals surface area contributed by atoms with E-state index in [2.05, 4.69) is 10.6 Å². The molecular weight excluding hydrogens is 242 g/mol. The summed E-state index contributed by atoms with van der Waals surface area (Å²) in [7, 11) is 0. The minimum Gasteiger partial charge on any atom is -0.346 e. The number of benzene rings is 1. The number of aryl methyl sites for hydroxylation is 1. The third-order valence-electron chi connectivity index (χ3n) is 2.75. The molecule has 0 aliphatic rings. The fraction of sp³-hybridized carbons (Fsp3) is 0.429. The van der Waals surface area contributed by atoms with Crippen molar-refractivity contribution in [1.82, 2.24) is 5.32 Å². The van der Waals surface area contributed by atoms with E-state index in [1.807, 2.05) is 39.0 Å². The van der Waals surface area contributed by atoms with Crippen LogP contribution < -0.4 is 16.4 Å². The van der Waals surface area contributed by atoms with E-state index in [0.29, 0.717) is 5.69 Å². The molecule has 19 heavy (non-hydrogen) atoms. The SMILES string of the molecule is Cc1cccc(NC(=O)CNC(=O)[C@@H](N)C(C)C)c1. The van der Waals surface area contributed by atoms with Gasteiger partial charge in [-0.25, -0.2) is 0 Å². The van der Waals surface area contributed by atoms with Crippen LogP contribution >= 0.6 is 0 Å². The number of rotatable bonds is 5. The Bertz CT molecular complexity index is 458. The average Bonchev–Trinajstić information content (AvgIpc) is 2.34. The Morgan fingerprint density at radius 2 is 2.00 bits per heavy atom. The first-order chi connectivity index (χ1) is 8.90. The molecule has 0 heterocycles. The first-order valence-corrected chi connectivity index (χ1v) is 6.30. The summed E-state index contributed by atoms with van der Waals surface area (Å²) in [6, 6.07) is 6.87. The highest BCUT2D eigenvalue weighted by Gasteiger charge is 2.17. The number of amides is 2. The fourth-order valence-corrected chi connectivity index (χ4v) is 1.52. The van der Waals surface area contributed by atoms with Gasteiger partial charge < -0.3 is 16.4 Å². The summed E-state index contributed by atoms with van der Waals surface area (Å²) in [4.78, 5) is 23.2. The van der Waals surface area contributed by atoms with E-state index >= 15 is 0 Å². The average molecular weight is 263 g/mol. The lowest BCUT2D eigenvalue weighted by atomic mass is 10.1. The van der Waals surface area contributed by atoms with Gasteiger partial charge in [0.1, 0.15) is 0 Å². The van der Waals surface area contributed by atoms with E-state index in [0.717, 1.165) is 5.56 Å². The summed E-state index contributed by atoms with van der Waals surface area (Å²) in [6.07, 6.45) is 0. The number of nitrogens with one attached hydrogen (secondary N) is 2. The Labute approximate surface area is 113 Å². The fourth-order valence-electron chi connectivity index (χ4n) is 1.52.